The summed E-state index contributed by atoms with van der Waals surface area (Å²) in [6.07, 6.45) is 0. The number of halogens is 1. The van der Waals surface area contributed by atoms with Gasteiger partial charge in [-0.25, -0.2) is 0 Å². The van der Waals surface area contributed by atoms with Crippen molar-refractivity contribution in [3.63, 3.8) is 0 Å². The van der Waals surface area contributed by atoms with Gasteiger partial charge in [0.2, 0.25) is 0 Å². The molecule has 0 amide bonds. The Bertz CT molecular complexity index is 806. The molecular weight excluding hydrogens is 310 g/mol. The number of aromatic nitrogens is 1. The van der Waals surface area contributed by atoms with Crippen LogP contribution in [0.25, 0.3) is 22.6 Å². The molecule has 118 valence electrons. The third-order valence-electron chi connectivity index (χ3n) is 3.91. The Labute approximate surface area is 140 Å². The summed E-state index contributed by atoms with van der Waals surface area (Å²) < 4.78 is 5.51. The van der Waals surface area contributed by atoms with Gasteiger partial charge in [0.25, 0.3) is 0 Å². The highest BCUT2D eigenvalue weighted by atomic mass is 35.5. The predicted molar refractivity (Wildman–Crippen MR) is 92.4 cm³/mol. The fraction of sp³-hybridized carbons (Fsp3) is 0.211. The van der Waals surface area contributed by atoms with E-state index in [0.717, 1.165) is 11.1 Å². The highest BCUT2D eigenvalue weighted by Gasteiger charge is 2.19. The van der Waals surface area contributed by atoms with E-state index in [1.54, 1.807) is 6.07 Å². The molecule has 0 fully saturated rings. The van der Waals surface area contributed by atoms with Crippen molar-refractivity contribution in [2.75, 3.05) is 0 Å². The van der Waals surface area contributed by atoms with Gasteiger partial charge in [-0.2, -0.15) is 0 Å². The summed E-state index contributed by atoms with van der Waals surface area (Å²) in [4.78, 5) is 0. The molecule has 1 N–H and O–H groups in total. The summed E-state index contributed by atoms with van der Waals surface area (Å²) >= 11 is 6.24. The quantitative estimate of drug-likeness (QED) is 0.709. The van der Waals surface area contributed by atoms with Crippen molar-refractivity contribution < 1.29 is 9.63 Å². The molecule has 3 aromatic rings. The summed E-state index contributed by atoms with van der Waals surface area (Å²) in [5.41, 5.74) is 4.14. The van der Waals surface area contributed by atoms with E-state index in [9.17, 15) is 5.11 Å². The average molecular weight is 328 g/mol. The van der Waals surface area contributed by atoms with Gasteiger partial charge in [-0.3, -0.25) is 0 Å². The zero-order valence-electron chi connectivity index (χ0n) is 13.1. The third kappa shape index (κ3) is 3.03. The topological polar surface area (TPSA) is 46.3 Å². The van der Waals surface area contributed by atoms with Crippen molar-refractivity contribution >= 4 is 11.6 Å². The minimum atomic E-state index is -0.161. The lowest BCUT2D eigenvalue weighted by Crippen LogP contribution is -1.91. The van der Waals surface area contributed by atoms with Crippen molar-refractivity contribution in [1.82, 2.24) is 5.16 Å². The first-order valence-electron chi connectivity index (χ1n) is 7.56. The van der Waals surface area contributed by atoms with Gasteiger partial charge in [-0.05, 0) is 17.5 Å². The summed E-state index contributed by atoms with van der Waals surface area (Å²) in [6, 6.07) is 15.5. The lowest BCUT2D eigenvalue weighted by atomic mass is 9.99. The molecule has 23 heavy (non-hydrogen) atoms. The van der Waals surface area contributed by atoms with Crippen LogP contribution in [0, 0.1) is 0 Å². The highest BCUT2D eigenvalue weighted by Crippen LogP contribution is 2.35. The Morgan fingerprint density at radius 1 is 1.09 bits per heavy atom. The molecule has 1 aromatic heterocycles. The molecule has 0 atom stereocenters. The van der Waals surface area contributed by atoms with Crippen LogP contribution in [0.15, 0.2) is 53.1 Å². The van der Waals surface area contributed by atoms with Crippen LogP contribution >= 0.6 is 11.6 Å². The van der Waals surface area contributed by atoms with E-state index in [2.05, 4.69) is 31.1 Å². The average Bonchev–Trinajstić information content (AvgIpc) is 2.99. The standard InChI is InChI=1S/C19H18ClNO2/c1-12(2)13-7-9-14(10-8-13)19-16(11-22)18(21-23-19)15-5-3-4-6-17(15)20/h3-10,12,22H,11H2,1-2H3. The van der Waals surface area contributed by atoms with E-state index < -0.39 is 0 Å². The zero-order valence-corrected chi connectivity index (χ0v) is 13.8. The molecule has 3 nitrogen and oxygen atoms in total. The smallest absolute Gasteiger partial charge is 0.173 e. The van der Waals surface area contributed by atoms with Crippen molar-refractivity contribution in [1.29, 1.82) is 0 Å². The Morgan fingerprint density at radius 3 is 2.39 bits per heavy atom. The van der Waals surface area contributed by atoms with E-state index >= 15 is 0 Å². The number of rotatable bonds is 4. The van der Waals surface area contributed by atoms with E-state index in [1.807, 2.05) is 30.3 Å². The van der Waals surface area contributed by atoms with Gasteiger partial charge < -0.3 is 9.63 Å². The molecule has 4 heteroatoms. The Hall–Kier alpha value is -2.10. The molecule has 0 aliphatic heterocycles. The monoisotopic (exact) mass is 327 g/mol. The van der Waals surface area contributed by atoms with Crippen LogP contribution in [0.2, 0.25) is 5.02 Å². The molecule has 0 spiro atoms. The van der Waals surface area contributed by atoms with E-state index in [4.69, 9.17) is 16.1 Å². The second kappa shape index (κ2) is 6.57. The number of nitrogens with zero attached hydrogens (tertiary/aromatic N) is 1. The Morgan fingerprint density at radius 2 is 1.78 bits per heavy atom. The molecule has 2 aromatic carbocycles. The predicted octanol–water partition coefficient (Wildman–Crippen LogP) is 5.28. The van der Waals surface area contributed by atoms with Gasteiger partial charge in [0.05, 0.1) is 17.2 Å². The maximum atomic E-state index is 9.80. The van der Waals surface area contributed by atoms with Crippen molar-refractivity contribution in [2.45, 2.75) is 26.4 Å². The van der Waals surface area contributed by atoms with Crippen LogP contribution in [0.3, 0.4) is 0 Å². The molecule has 0 bridgehead atoms. The van der Waals surface area contributed by atoms with Crippen LogP contribution in [0.5, 0.6) is 0 Å². The summed E-state index contributed by atoms with van der Waals surface area (Å²) in [5.74, 6) is 1.05. The van der Waals surface area contributed by atoms with Gasteiger partial charge in [0.1, 0.15) is 5.69 Å². The summed E-state index contributed by atoms with van der Waals surface area (Å²) in [6.45, 7) is 4.14. The van der Waals surface area contributed by atoms with E-state index in [-0.39, 0.29) is 6.61 Å². The molecule has 0 radical (unpaired) electrons. The second-order valence-corrected chi connectivity index (χ2v) is 6.16. The number of benzene rings is 2. The SMILES string of the molecule is CC(C)c1ccc(-c2onc(-c3ccccc3Cl)c2CO)cc1. The lowest BCUT2D eigenvalue weighted by Gasteiger charge is -2.06. The normalized spacial score (nSPS) is 11.2. The van der Waals surface area contributed by atoms with Crippen LogP contribution < -0.4 is 0 Å². The molecule has 3 rings (SSSR count). The van der Waals surface area contributed by atoms with Gasteiger partial charge in [-0.1, -0.05) is 73.1 Å². The first-order chi connectivity index (χ1) is 11.1. The van der Waals surface area contributed by atoms with Crippen LogP contribution in [-0.2, 0) is 6.61 Å². The maximum absolute atomic E-state index is 9.80. The minimum absolute atomic E-state index is 0.161. The molecule has 0 saturated carbocycles. The molecule has 0 aliphatic carbocycles. The van der Waals surface area contributed by atoms with Crippen LogP contribution in [0.1, 0.15) is 30.9 Å². The number of hydrogen-bond acceptors (Lipinski definition) is 3. The zero-order chi connectivity index (χ0) is 16.4. The summed E-state index contributed by atoms with van der Waals surface area (Å²) in [7, 11) is 0. The minimum Gasteiger partial charge on any atom is -0.391 e. The number of hydrogen-bond donors (Lipinski definition) is 1. The maximum Gasteiger partial charge on any atom is 0.173 e. The largest absolute Gasteiger partial charge is 0.391 e. The first kappa shape index (κ1) is 15.8. The third-order valence-corrected chi connectivity index (χ3v) is 4.24. The van der Waals surface area contributed by atoms with Gasteiger partial charge in [0, 0.05) is 11.1 Å². The number of aliphatic hydroxyl groups excluding tert-OH is 1. The molecule has 1 heterocycles. The fourth-order valence-electron chi connectivity index (χ4n) is 2.57. The lowest BCUT2D eigenvalue weighted by molar-refractivity contribution is 0.281. The van der Waals surface area contributed by atoms with Crippen molar-refractivity contribution in [3.05, 3.63) is 64.7 Å². The Kier molecular flexibility index (Phi) is 4.51. The molecule has 0 aliphatic rings. The van der Waals surface area contributed by atoms with Crippen molar-refractivity contribution in [2.24, 2.45) is 0 Å². The second-order valence-electron chi connectivity index (χ2n) is 5.75. The van der Waals surface area contributed by atoms with Crippen molar-refractivity contribution in [3.8, 4) is 22.6 Å². The van der Waals surface area contributed by atoms with E-state index in [0.29, 0.717) is 28.0 Å². The van der Waals surface area contributed by atoms with E-state index in [1.165, 1.54) is 5.56 Å². The first-order valence-corrected chi connectivity index (χ1v) is 7.94. The van der Waals surface area contributed by atoms with Gasteiger partial charge >= 0.3 is 0 Å². The number of aliphatic hydroxyl groups is 1. The summed E-state index contributed by atoms with van der Waals surface area (Å²) in [5, 5.41) is 14.5. The fourth-order valence-corrected chi connectivity index (χ4v) is 2.79. The van der Waals surface area contributed by atoms with Gasteiger partial charge in [0.15, 0.2) is 5.76 Å². The molecule has 0 unspecified atom stereocenters. The van der Waals surface area contributed by atoms with Gasteiger partial charge in [-0.15, -0.1) is 0 Å². The van der Waals surface area contributed by atoms with Crippen LogP contribution in [-0.4, -0.2) is 10.3 Å². The Balaban J connectivity index is 2.06. The molecular formula is C19H18ClNO2. The van der Waals surface area contributed by atoms with Crippen LogP contribution in [0.4, 0.5) is 0 Å². The highest BCUT2D eigenvalue weighted by molar-refractivity contribution is 6.33. The molecule has 0 saturated heterocycles.